The highest BCUT2D eigenvalue weighted by atomic mass is 32.1. The maximum absolute atomic E-state index is 4.20. The molecule has 0 fully saturated rings. The first-order chi connectivity index (χ1) is 13.7. The summed E-state index contributed by atoms with van der Waals surface area (Å²) in [6.07, 6.45) is 28.6. The molecule has 0 unspecified atom stereocenters. The zero-order chi connectivity index (χ0) is 21.6. The lowest BCUT2D eigenvalue weighted by atomic mass is 10.1. The van der Waals surface area contributed by atoms with Crippen molar-refractivity contribution in [1.29, 1.82) is 0 Å². The fraction of sp³-hybridized carbons (Fsp3) is 1.00. The minimum absolute atomic E-state index is 0.944. The molecule has 2 heteroatoms. The van der Waals surface area contributed by atoms with Crippen molar-refractivity contribution in [3.63, 3.8) is 0 Å². The second kappa shape index (κ2) is 38.3. The molecule has 0 aliphatic heterocycles. The Labute approximate surface area is 192 Å². The van der Waals surface area contributed by atoms with Gasteiger partial charge in [-0.1, -0.05) is 150 Å². The molecule has 0 atom stereocenters. The van der Waals surface area contributed by atoms with E-state index in [1.807, 2.05) is 6.92 Å². The van der Waals surface area contributed by atoms with E-state index in [-0.39, 0.29) is 0 Å². The van der Waals surface area contributed by atoms with Crippen LogP contribution < -0.4 is 0 Å². The van der Waals surface area contributed by atoms with Gasteiger partial charge in [0.25, 0.3) is 0 Å². The van der Waals surface area contributed by atoms with Crippen LogP contribution in [-0.2, 0) is 0 Å². The van der Waals surface area contributed by atoms with Gasteiger partial charge in [0.2, 0.25) is 0 Å². The van der Waals surface area contributed by atoms with Gasteiger partial charge in [0.05, 0.1) is 0 Å². The highest BCUT2D eigenvalue weighted by Crippen LogP contribution is 2.11. The third-order valence-electron chi connectivity index (χ3n) is 4.97. The lowest BCUT2D eigenvalue weighted by Gasteiger charge is -2.00. The van der Waals surface area contributed by atoms with Crippen molar-refractivity contribution >= 4 is 25.3 Å². The maximum atomic E-state index is 4.20. The molecule has 0 radical (unpaired) electrons. The molecular formula is C26H58S2. The third-order valence-corrected chi connectivity index (χ3v) is 5.29. The monoisotopic (exact) mass is 434 g/mol. The Kier molecular flexibility index (Phi) is 45.6. The van der Waals surface area contributed by atoms with Gasteiger partial charge in [-0.15, -0.1) is 0 Å². The maximum Gasteiger partial charge on any atom is -0.00979 e. The summed E-state index contributed by atoms with van der Waals surface area (Å²) in [5, 5.41) is 0. The molecular weight excluding hydrogens is 376 g/mol. The summed E-state index contributed by atoms with van der Waals surface area (Å²) in [5.74, 6) is 2.01. The van der Waals surface area contributed by atoms with E-state index in [9.17, 15) is 0 Å². The topological polar surface area (TPSA) is 0 Å². The largest absolute Gasteiger partial charge is 0.180 e. The number of thiol groups is 2. The van der Waals surface area contributed by atoms with Gasteiger partial charge in [0.15, 0.2) is 0 Å². The molecule has 0 aliphatic rings. The Balaban J connectivity index is -0.000000392. The van der Waals surface area contributed by atoms with Gasteiger partial charge in [-0.25, -0.2) is 0 Å². The van der Waals surface area contributed by atoms with Crippen LogP contribution in [0.1, 0.15) is 156 Å². The Morgan fingerprint density at radius 3 is 0.679 bits per heavy atom. The second-order valence-corrected chi connectivity index (χ2v) is 9.13. The van der Waals surface area contributed by atoms with Crippen molar-refractivity contribution in [1.82, 2.24) is 0 Å². The fourth-order valence-electron chi connectivity index (χ4n) is 3.16. The zero-order valence-electron chi connectivity index (χ0n) is 20.5. The molecule has 0 aromatic heterocycles. The second-order valence-electron chi connectivity index (χ2n) is 8.05. The number of unbranched alkanes of at least 4 members (excludes halogenated alkanes) is 18. The molecule has 0 aromatic rings. The third kappa shape index (κ3) is 45.4. The molecule has 0 N–H and O–H groups in total. The Bertz CT molecular complexity index is 187. The van der Waals surface area contributed by atoms with Crippen LogP contribution in [0.4, 0.5) is 0 Å². The van der Waals surface area contributed by atoms with E-state index in [1.165, 1.54) is 128 Å². The van der Waals surface area contributed by atoms with Gasteiger partial charge < -0.3 is 0 Å². The van der Waals surface area contributed by atoms with Gasteiger partial charge >= 0.3 is 0 Å². The van der Waals surface area contributed by atoms with Crippen molar-refractivity contribution in [3.8, 4) is 0 Å². The first-order valence-electron chi connectivity index (χ1n) is 13.0. The highest BCUT2D eigenvalue weighted by Gasteiger charge is 1.91. The average Bonchev–Trinajstić information content (AvgIpc) is 2.70. The first-order valence-corrected chi connectivity index (χ1v) is 14.2. The number of rotatable bonds is 19. The SMILES string of the molecule is CCCCCCCCCCCC.CCCCCCCCCCCCS.CCS. The van der Waals surface area contributed by atoms with Crippen LogP contribution in [0.2, 0.25) is 0 Å². The first kappa shape index (κ1) is 33.3. The van der Waals surface area contributed by atoms with Crippen molar-refractivity contribution in [2.45, 2.75) is 156 Å². The molecule has 0 rings (SSSR count). The highest BCUT2D eigenvalue weighted by molar-refractivity contribution is 7.80. The molecule has 0 saturated heterocycles. The van der Waals surface area contributed by atoms with E-state index in [0.29, 0.717) is 0 Å². The summed E-state index contributed by atoms with van der Waals surface area (Å²) in [4.78, 5) is 0. The lowest BCUT2D eigenvalue weighted by Crippen LogP contribution is -1.81. The molecule has 28 heavy (non-hydrogen) atoms. The quantitative estimate of drug-likeness (QED) is 0.146. The summed E-state index contributed by atoms with van der Waals surface area (Å²) in [5.41, 5.74) is 0. The van der Waals surface area contributed by atoms with Crippen molar-refractivity contribution in [2.24, 2.45) is 0 Å². The molecule has 174 valence electrons. The van der Waals surface area contributed by atoms with E-state index in [2.05, 4.69) is 46.0 Å². The summed E-state index contributed by atoms with van der Waals surface area (Å²) in [6.45, 7) is 8.82. The van der Waals surface area contributed by atoms with Crippen molar-refractivity contribution in [2.75, 3.05) is 11.5 Å². The molecule has 0 bridgehead atoms. The predicted molar refractivity (Wildman–Crippen MR) is 143 cm³/mol. The zero-order valence-corrected chi connectivity index (χ0v) is 22.2. The van der Waals surface area contributed by atoms with Gasteiger partial charge in [-0.3, -0.25) is 0 Å². The molecule has 0 saturated carbocycles. The van der Waals surface area contributed by atoms with Gasteiger partial charge in [0.1, 0.15) is 0 Å². The standard InChI is InChI=1S/C12H26S.C12H26.C2H6S/c1-2-3-4-5-6-7-8-9-10-11-12-13;1-3-5-7-9-11-12-10-8-6-4-2;1-2-3/h13H,2-12H2,1H3;3-12H2,1-2H3;3H,2H2,1H3. The van der Waals surface area contributed by atoms with Gasteiger partial charge in [0, 0.05) is 0 Å². The van der Waals surface area contributed by atoms with Crippen molar-refractivity contribution in [3.05, 3.63) is 0 Å². The van der Waals surface area contributed by atoms with Crippen molar-refractivity contribution < 1.29 is 0 Å². The van der Waals surface area contributed by atoms with E-state index in [0.717, 1.165) is 11.5 Å². The van der Waals surface area contributed by atoms with Crippen LogP contribution in [0.3, 0.4) is 0 Å². The Hall–Kier alpha value is 0.700. The average molecular weight is 435 g/mol. The van der Waals surface area contributed by atoms with E-state index < -0.39 is 0 Å². The molecule has 0 spiro atoms. The summed E-state index contributed by atoms with van der Waals surface area (Å²) in [6, 6.07) is 0. The van der Waals surface area contributed by atoms with Gasteiger partial charge in [-0.2, -0.15) is 25.3 Å². The van der Waals surface area contributed by atoms with Gasteiger partial charge in [-0.05, 0) is 17.9 Å². The normalized spacial score (nSPS) is 10.1. The summed E-state index contributed by atoms with van der Waals surface area (Å²) in [7, 11) is 0. The smallest absolute Gasteiger partial charge is 0.00979 e. The van der Waals surface area contributed by atoms with E-state index in [1.54, 1.807) is 0 Å². The van der Waals surface area contributed by atoms with Crippen LogP contribution in [-0.4, -0.2) is 11.5 Å². The summed E-state index contributed by atoms with van der Waals surface area (Å²) < 4.78 is 0. The molecule has 0 heterocycles. The van der Waals surface area contributed by atoms with Crippen LogP contribution in [0.25, 0.3) is 0 Å². The molecule has 0 amide bonds. The predicted octanol–water partition coefficient (Wildman–Crippen LogP) is 10.7. The number of hydrogen-bond acceptors (Lipinski definition) is 2. The number of hydrogen-bond donors (Lipinski definition) is 2. The van der Waals surface area contributed by atoms with Crippen LogP contribution >= 0.6 is 25.3 Å². The molecule has 0 nitrogen and oxygen atoms in total. The fourth-order valence-corrected chi connectivity index (χ4v) is 3.38. The Morgan fingerprint density at radius 2 is 0.500 bits per heavy atom. The molecule has 0 aliphatic carbocycles. The minimum Gasteiger partial charge on any atom is -0.180 e. The van der Waals surface area contributed by atoms with Crippen LogP contribution in [0.5, 0.6) is 0 Å². The lowest BCUT2D eigenvalue weighted by molar-refractivity contribution is 0.562. The van der Waals surface area contributed by atoms with E-state index in [4.69, 9.17) is 0 Å². The Morgan fingerprint density at radius 1 is 0.321 bits per heavy atom. The molecule has 0 aromatic carbocycles. The van der Waals surface area contributed by atoms with Crippen LogP contribution in [0, 0.1) is 0 Å². The van der Waals surface area contributed by atoms with Crippen LogP contribution in [0.15, 0.2) is 0 Å². The summed E-state index contributed by atoms with van der Waals surface area (Å²) >= 11 is 7.99. The minimum atomic E-state index is 0.944. The van der Waals surface area contributed by atoms with E-state index >= 15 is 0 Å².